The first-order valence-corrected chi connectivity index (χ1v) is 6.95. The van der Waals surface area contributed by atoms with Gasteiger partial charge in [0.05, 0.1) is 6.04 Å². The third-order valence-electron chi connectivity index (χ3n) is 3.71. The molecular formula is C13H27N3O. The zero-order valence-electron chi connectivity index (χ0n) is 11.2. The first kappa shape index (κ1) is 14.5. The summed E-state index contributed by atoms with van der Waals surface area (Å²) in [6.07, 6.45) is 6.55. The van der Waals surface area contributed by atoms with Crippen LogP contribution < -0.4 is 11.1 Å². The predicted molar refractivity (Wildman–Crippen MR) is 70.8 cm³/mol. The maximum Gasteiger partial charge on any atom is 0.235 e. The van der Waals surface area contributed by atoms with Crippen LogP contribution in [0.25, 0.3) is 0 Å². The minimum absolute atomic E-state index is 0.207. The highest BCUT2D eigenvalue weighted by Crippen LogP contribution is 2.22. The fourth-order valence-electron chi connectivity index (χ4n) is 2.72. The lowest BCUT2D eigenvalue weighted by molar-refractivity contribution is -0.120. The van der Waals surface area contributed by atoms with Gasteiger partial charge in [-0.2, -0.15) is 0 Å². The molecule has 0 aromatic heterocycles. The summed E-state index contributed by atoms with van der Waals surface area (Å²) >= 11 is 0. The number of rotatable bonds is 7. The van der Waals surface area contributed by atoms with Gasteiger partial charge in [-0.3, -0.25) is 9.69 Å². The lowest BCUT2D eigenvalue weighted by atomic mass is 9.94. The molecule has 0 aliphatic heterocycles. The number of primary amides is 1. The highest BCUT2D eigenvalue weighted by molar-refractivity contribution is 5.80. The van der Waals surface area contributed by atoms with Crippen LogP contribution in [0.15, 0.2) is 0 Å². The van der Waals surface area contributed by atoms with E-state index in [1.807, 2.05) is 6.92 Å². The Bertz CT molecular complexity index is 227. The van der Waals surface area contributed by atoms with Crippen LogP contribution in [0, 0.1) is 0 Å². The zero-order valence-corrected chi connectivity index (χ0v) is 11.2. The van der Waals surface area contributed by atoms with Gasteiger partial charge in [0.15, 0.2) is 0 Å². The van der Waals surface area contributed by atoms with Crippen molar-refractivity contribution in [1.82, 2.24) is 10.2 Å². The number of nitrogens with one attached hydrogen (secondary N) is 1. The van der Waals surface area contributed by atoms with E-state index in [-0.39, 0.29) is 11.9 Å². The van der Waals surface area contributed by atoms with Gasteiger partial charge < -0.3 is 11.1 Å². The van der Waals surface area contributed by atoms with Crippen LogP contribution >= 0.6 is 0 Å². The van der Waals surface area contributed by atoms with Crippen LogP contribution in [-0.4, -0.2) is 42.5 Å². The predicted octanol–water partition coefficient (Wildman–Crippen LogP) is 1.10. The van der Waals surface area contributed by atoms with Gasteiger partial charge in [-0.05, 0) is 25.9 Å². The molecule has 1 atom stereocenters. The molecule has 0 saturated heterocycles. The average molecular weight is 241 g/mol. The Labute approximate surface area is 105 Å². The summed E-state index contributed by atoms with van der Waals surface area (Å²) in [7, 11) is 0. The monoisotopic (exact) mass is 241 g/mol. The van der Waals surface area contributed by atoms with Gasteiger partial charge in [0.25, 0.3) is 0 Å². The second-order valence-corrected chi connectivity index (χ2v) is 4.89. The summed E-state index contributed by atoms with van der Waals surface area (Å²) in [6.45, 7) is 6.71. The van der Waals surface area contributed by atoms with Gasteiger partial charge in [-0.15, -0.1) is 0 Å². The molecule has 4 heteroatoms. The lowest BCUT2D eigenvalue weighted by Gasteiger charge is -2.35. The summed E-state index contributed by atoms with van der Waals surface area (Å²) in [5.41, 5.74) is 5.43. The molecular weight excluding hydrogens is 214 g/mol. The summed E-state index contributed by atoms with van der Waals surface area (Å²) in [5, 5.41) is 3.17. The SMILES string of the molecule is CCNC(CN(CC)C1CCCCC1)C(N)=O. The van der Waals surface area contributed by atoms with E-state index in [0.29, 0.717) is 6.04 Å². The first-order chi connectivity index (χ1) is 8.19. The molecule has 1 aliphatic carbocycles. The van der Waals surface area contributed by atoms with Crippen molar-refractivity contribution in [3.05, 3.63) is 0 Å². The van der Waals surface area contributed by atoms with Crippen molar-refractivity contribution in [1.29, 1.82) is 0 Å². The maximum absolute atomic E-state index is 11.4. The summed E-state index contributed by atoms with van der Waals surface area (Å²) in [5.74, 6) is -0.235. The van der Waals surface area contributed by atoms with Gasteiger partial charge in [-0.1, -0.05) is 33.1 Å². The molecule has 0 bridgehead atoms. The molecule has 1 aliphatic rings. The van der Waals surface area contributed by atoms with Gasteiger partial charge in [0.1, 0.15) is 0 Å². The standard InChI is InChI=1S/C13H27N3O/c1-3-15-12(13(14)17)10-16(4-2)11-8-6-5-7-9-11/h11-12,15H,3-10H2,1-2H3,(H2,14,17). The first-order valence-electron chi connectivity index (χ1n) is 6.95. The van der Waals surface area contributed by atoms with E-state index in [1.54, 1.807) is 0 Å². The Morgan fingerprint density at radius 1 is 1.35 bits per heavy atom. The summed E-state index contributed by atoms with van der Waals surface area (Å²) < 4.78 is 0. The highest BCUT2D eigenvalue weighted by Gasteiger charge is 2.24. The minimum Gasteiger partial charge on any atom is -0.368 e. The molecule has 1 rings (SSSR count). The van der Waals surface area contributed by atoms with E-state index in [1.165, 1.54) is 32.1 Å². The molecule has 0 aromatic rings. The number of nitrogens with zero attached hydrogens (tertiary/aromatic N) is 1. The van der Waals surface area contributed by atoms with Crippen molar-refractivity contribution in [2.45, 2.75) is 58.0 Å². The molecule has 17 heavy (non-hydrogen) atoms. The quantitative estimate of drug-likeness (QED) is 0.702. The van der Waals surface area contributed by atoms with Crippen LogP contribution in [0.5, 0.6) is 0 Å². The molecule has 1 amide bonds. The normalized spacial score (nSPS) is 19.5. The van der Waals surface area contributed by atoms with E-state index in [0.717, 1.165) is 19.6 Å². The van der Waals surface area contributed by atoms with E-state index in [4.69, 9.17) is 5.73 Å². The molecule has 1 saturated carbocycles. The van der Waals surface area contributed by atoms with Crippen LogP contribution in [-0.2, 0) is 4.79 Å². The molecule has 0 radical (unpaired) electrons. The second kappa shape index (κ2) is 7.67. The minimum atomic E-state index is -0.235. The molecule has 0 aromatic carbocycles. The van der Waals surface area contributed by atoms with Crippen LogP contribution in [0.2, 0.25) is 0 Å². The Morgan fingerprint density at radius 2 is 2.00 bits per heavy atom. The number of amides is 1. The van der Waals surface area contributed by atoms with E-state index >= 15 is 0 Å². The van der Waals surface area contributed by atoms with Crippen LogP contribution in [0.3, 0.4) is 0 Å². The van der Waals surface area contributed by atoms with Crippen LogP contribution in [0.1, 0.15) is 46.0 Å². The number of likely N-dealkylation sites (N-methyl/N-ethyl adjacent to an activating group) is 2. The Kier molecular flexibility index (Phi) is 6.52. The number of carbonyl (C=O) groups is 1. The van der Waals surface area contributed by atoms with Crippen molar-refractivity contribution in [2.75, 3.05) is 19.6 Å². The molecule has 0 heterocycles. The van der Waals surface area contributed by atoms with Crippen molar-refractivity contribution in [3.63, 3.8) is 0 Å². The van der Waals surface area contributed by atoms with Gasteiger partial charge >= 0.3 is 0 Å². The van der Waals surface area contributed by atoms with Gasteiger partial charge in [0, 0.05) is 12.6 Å². The average Bonchev–Trinajstić information content (AvgIpc) is 2.35. The molecule has 1 fully saturated rings. The largest absolute Gasteiger partial charge is 0.368 e. The molecule has 4 nitrogen and oxygen atoms in total. The summed E-state index contributed by atoms with van der Waals surface area (Å²) in [4.78, 5) is 13.8. The molecule has 0 spiro atoms. The summed E-state index contributed by atoms with van der Waals surface area (Å²) in [6, 6.07) is 0.441. The van der Waals surface area contributed by atoms with Crippen molar-refractivity contribution >= 4 is 5.91 Å². The zero-order chi connectivity index (χ0) is 12.7. The fraction of sp³-hybridized carbons (Fsp3) is 0.923. The van der Waals surface area contributed by atoms with Crippen molar-refractivity contribution in [3.8, 4) is 0 Å². The maximum atomic E-state index is 11.4. The van der Waals surface area contributed by atoms with Gasteiger partial charge in [0.2, 0.25) is 5.91 Å². The van der Waals surface area contributed by atoms with Crippen molar-refractivity contribution < 1.29 is 4.79 Å². The van der Waals surface area contributed by atoms with E-state index in [9.17, 15) is 4.79 Å². The Balaban J connectivity index is 2.50. The van der Waals surface area contributed by atoms with Crippen molar-refractivity contribution in [2.24, 2.45) is 5.73 Å². The third kappa shape index (κ3) is 4.64. The fourth-order valence-corrected chi connectivity index (χ4v) is 2.72. The topological polar surface area (TPSA) is 58.4 Å². The number of carbonyl (C=O) groups excluding carboxylic acids is 1. The van der Waals surface area contributed by atoms with Gasteiger partial charge in [-0.25, -0.2) is 0 Å². The molecule has 100 valence electrons. The number of hydrogen-bond donors (Lipinski definition) is 2. The second-order valence-electron chi connectivity index (χ2n) is 4.89. The Morgan fingerprint density at radius 3 is 2.47 bits per heavy atom. The number of hydrogen-bond acceptors (Lipinski definition) is 3. The van der Waals surface area contributed by atoms with Crippen LogP contribution in [0.4, 0.5) is 0 Å². The molecule has 3 N–H and O–H groups in total. The van der Waals surface area contributed by atoms with E-state index in [2.05, 4.69) is 17.1 Å². The smallest absolute Gasteiger partial charge is 0.235 e. The molecule has 1 unspecified atom stereocenters. The number of nitrogens with two attached hydrogens (primary N) is 1. The lowest BCUT2D eigenvalue weighted by Crippen LogP contribution is -2.51. The Hall–Kier alpha value is -0.610. The third-order valence-corrected chi connectivity index (χ3v) is 3.71. The van der Waals surface area contributed by atoms with E-state index < -0.39 is 0 Å². The highest BCUT2D eigenvalue weighted by atomic mass is 16.1.